The fraction of sp³-hybridized carbons (Fsp3) is 1.00. The predicted molar refractivity (Wildman–Crippen MR) is 53.1 cm³/mol. The molecule has 0 rings (SSSR count). The summed E-state index contributed by atoms with van der Waals surface area (Å²) in [5.74, 6) is 0. The standard InChI is InChI=1S/C8H21O3P/c1-5-7(3)12(9,10,11)8(4)6-2/h7-11H,5-6H2,1-4H3. The number of hydrogen-bond donors (Lipinski definition) is 3. The Bertz CT molecular complexity index is 136. The molecule has 0 aromatic heterocycles. The minimum atomic E-state index is -4.38. The molecule has 0 radical (unpaired) electrons. The summed E-state index contributed by atoms with van der Waals surface area (Å²) in [6.45, 7) is 7.06. The Hall–Kier alpha value is 0.310. The molecule has 3 N–H and O–H groups in total. The molecule has 0 amide bonds. The van der Waals surface area contributed by atoms with Crippen molar-refractivity contribution in [1.82, 2.24) is 0 Å². The van der Waals surface area contributed by atoms with E-state index in [1.807, 2.05) is 13.8 Å². The van der Waals surface area contributed by atoms with Gasteiger partial charge in [-0.05, 0) is 0 Å². The van der Waals surface area contributed by atoms with Gasteiger partial charge in [0.1, 0.15) is 0 Å². The molecule has 0 aromatic carbocycles. The Balaban J connectivity index is 4.70. The average Bonchev–Trinajstić information content (AvgIpc) is 2.00. The summed E-state index contributed by atoms with van der Waals surface area (Å²) in [4.78, 5) is 29.3. The zero-order chi connectivity index (χ0) is 10.0. The van der Waals surface area contributed by atoms with Gasteiger partial charge in [-0.2, -0.15) is 0 Å². The van der Waals surface area contributed by atoms with Crippen LogP contribution >= 0.6 is 7.28 Å². The van der Waals surface area contributed by atoms with Gasteiger partial charge in [0.15, 0.2) is 0 Å². The molecular weight excluding hydrogens is 175 g/mol. The summed E-state index contributed by atoms with van der Waals surface area (Å²) in [5.41, 5.74) is -0.822. The molecular formula is C8H21O3P. The van der Waals surface area contributed by atoms with Gasteiger partial charge in [-0.15, -0.1) is 0 Å². The van der Waals surface area contributed by atoms with Crippen LogP contribution in [0.5, 0.6) is 0 Å². The van der Waals surface area contributed by atoms with Gasteiger partial charge in [-0.3, -0.25) is 0 Å². The fourth-order valence-corrected chi connectivity index (χ4v) is 3.41. The van der Waals surface area contributed by atoms with Crippen molar-refractivity contribution >= 4 is 7.28 Å². The quantitative estimate of drug-likeness (QED) is 0.601. The van der Waals surface area contributed by atoms with E-state index in [-0.39, 0.29) is 0 Å². The number of rotatable bonds is 4. The number of hydrogen-bond acceptors (Lipinski definition) is 3. The van der Waals surface area contributed by atoms with E-state index >= 15 is 0 Å². The first-order valence-electron chi connectivity index (χ1n) is 4.50. The maximum absolute atomic E-state index is 9.76. The van der Waals surface area contributed by atoms with Crippen molar-refractivity contribution in [3.05, 3.63) is 0 Å². The monoisotopic (exact) mass is 196 g/mol. The van der Waals surface area contributed by atoms with E-state index in [1.165, 1.54) is 0 Å². The molecule has 0 heterocycles. The first-order chi connectivity index (χ1) is 5.24. The second-order valence-corrected chi connectivity index (χ2v) is 7.61. The van der Waals surface area contributed by atoms with Gasteiger partial charge in [0.05, 0.1) is 0 Å². The Labute approximate surface area is 74.6 Å². The molecule has 0 aliphatic rings. The third-order valence-electron chi connectivity index (χ3n) is 2.87. The van der Waals surface area contributed by atoms with E-state index in [0.29, 0.717) is 12.8 Å². The molecule has 0 bridgehead atoms. The van der Waals surface area contributed by atoms with Crippen LogP contribution < -0.4 is 0 Å². The van der Waals surface area contributed by atoms with Gasteiger partial charge in [0.25, 0.3) is 0 Å². The van der Waals surface area contributed by atoms with Gasteiger partial charge < -0.3 is 0 Å². The molecule has 0 saturated heterocycles. The first kappa shape index (κ1) is 12.3. The molecule has 3 nitrogen and oxygen atoms in total. The summed E-state index contributed by atoms with van der Waals surface area (Å²) in [6, 6.07) is 0. The minimum absolute atomic E-state index is 0.411. The Morgan fingerprint density at radius 3 is 1.33 bits per heavy atom. The molecule has 2 atom stereocenters. The van der Waals surface area contributed by atoms with Crippen molar-refractivity contribution in [3.8, 4) is 0 Å². The van der Waals surface area contributed by atoms with E-state index in [9.17, 15) is 14.7 Å². The molecule has 0 aliphatic carbocycles. The second kappa shape index (κ2) is 3.59. The molecule has 2 unspecified atom stereocenters. The van der Waals surface area contributed by atoms with E-state index in [2.05, 4.69) is 0 Å². The van der Waals surface area contributed by atoms with Crippen molar-refractivity contribution in [2.75, 3.05) is 0 Å². The van der Waals surface area contributed by atoms with Crippen molar-refractivity contribution in [1.29, 1.82) is 0 Å². The Morgan fingerprint density at radius 2 is 1.17 bits per heavy atom. The zero-order valence-corrected chi connectivity index (χ0v) is 9.25. The van der Waals surface area contributed by atoms with Crippen LogP contribution in [0.1, 0.15) is 40.5 Å². The first-order valence-corrected chi connectivity index (χ1v) is 6.73. The fourth-order valence-electron chi connectivity index (χ4n) is 1.14. The van der Waals surface area contributed by atoms with Gasteiger partial charge >= 0.3 is 73.8 Å². The average molecular weight is 196 g/mol. The van der Waals surface area contributed by atoms with Crippen molar-refractivity contribution in [2.24, 2.45) is 0 Å². The van der Waals surface area contributed by atoms with Gasteiger partial charge in [-0.1, -0.05) is 0 Å². The van der Waals surface area contributed by atoms with Crippen LogP contribution in [0.25, 0.3) is 0 Å². The molecule has 4 heteroatoms. The maximum atomic E-state index is 9.76. The van der Waals surface area contributed by atoms with Crippen LogP contribution in [0.3, 0.4) is 0 Å². The summed E-state index contributed by atoms with van der Waals surface area (Å²) in [6.07, 6.45) is 1.18. The molecule has 0 fully saturated rings. The van der Waals surface area contributed by atoms with Crippen LogP contribution in [0, 0.1) is 0 Å². The van der Waals surface area contributed by atoms with E-state index in [1.54, 1.807) is 13.8 Å². The Kier molecular flexibility index (Phi) is 3.68. The summed E-state index contributed by atoms with van der Waals surface area (Å²) in [5, 5.41) is 0. The third kappa shape index (κ3) is 2.17. The van der Waals surface area contributed by atoms with Crippen molar-refractivity contribution in [3.63, 3.8) is 0 Å². The molecule has 0 saturated carbocycles. The zero-order valence-electron chi connectivity index (χ0n) is 8.36. The van der Waals surface area contributed by atoms with Crippen LogP contribution in [0.4, 0.5) is 0 Å². The summed E-state index contributed by atoms with van der Waals surface area (Å²) < 4.78 is 0. The topological polar surface area (TPSA) is 60.7 Å². The van der Waals surface area contributed by atoms with Crippen LogP contribution in [-0.2, 0) is 0 Å². The van der Waals surface area contributed by atoms with Crippen LogP contribution in [-0.4, -0.2) is 26.0 Å². The van der Waals surface area contributed by atoms with Crippen molar-refractivity contribution in [2.45, 2.75) is 51.9 Å². The van der Waals surface area contributed by atoms with E-state index in [0.717, 1.165) is 0 Å². The van der Waals surface area contributed by atoms with Gasteiger partial charge in [-0.25, -0.2) is 0 Å². The van der Waals surface area contributed by atoms with Crippen LogP contribution in [0.2, 0.25) is 0 Å². The van der Waals surface area contributed by atoms with E-state index in [4.69, 9.17) is 0 Å². The van der Waals surface area contributed by atoms with E-state index < -0.39 is 18.6 Å². The molecule has 76 valence electrons. The summed E-state index contributed by atoms with van der Waals surface area (Å²) in [7, 11) is -4.38. The summed E-state index contributed by atoms with van der Waals surface area (Å²) >= 11 is 0. The van der Waals surface area contributed by atoms with Crippen molar-refractivity contribution < 1.29 is 14.7 Å². The van der Waals surface area contributed by atoms with Gasteiger partial charge in [0, 0.05) is 0 Å². The molecule has 0 aromatic rings. The SMILES string of the molecule is CCC(C)P(O)(O)(O)C(C)CC. The third-order valence-corrected chi connectivity index (χ3v) is 6.99. The van der Waals surface area contributed by atoms with Crippen LogP contribution in [0.15, 0.2) is 0 Å². The molecule has 0 aliphatic heterocycles. The molecule has 0 spiro atoms. The second-order valence-electron chi connectivity index (χ2n) is 3.62. The normalized spacial score (nSPS) is 21.1. The Morgan fingerprint density at radius 1 is 0.917 bits per heavy atom. The molecule has 12 heavy (non-hydrogen) atoms. The predicted octanol–water partition coefficient (Wildman–Crippen LogP) is 1.86. The van der Waals surface area contributed by atoms with Gasteiger partial charge in [0.2, 0.25) is 0 Å².